The Morgan fingerprint density at radius 3 is 2.92 bits per heavy atom. The number of nitrogens with zero attached hydrogens (tertiary/aromatic N) is 1. The van der Waals surface area contributed by atoms with Gasteiger partial charge < -0.3 is 25.0 Å². The van der Waals surface area contributed by atoms with Crippen LogP contribution in [0.3, 0.4) is 0 Å². The van der Waals surface area contributed by atoms with E-state index in [9.17, 15) is 9.59 Å². The zero-order chi connectivity index (χ0) is 17.2. The molecule has 1 aliphatic rings. The highest BCUT2D eigenvalue weighted by molar-refractivity contribution is 5.95. The molecule has 0 unspecified atom stereocenters. The first-order valence-electron chi connectivity index (χ1n) is 8.20. The van der Waals surface area contributed by atoms with Crippen LogP contribution in [-0.2, 0) is 14.3 Å². The van der Waals surface area contributed by atoms with Crippen LogP contribution in [0.2, 0.25) is 0 Å². The number of methoxy groups -OCH3 is 1. The minimum Gasteiger partial charge on any atom is -0.484 e. The Hall–Kier alpha value is -2.12. The fourth-order valence-corrected chi connectivity index (χ4v) is 2.45. The van der Waals surface area contributed by atoms with E-state index >= 15 is 0 Å². The Morgan fingerprint density at radius 2 is 2.17 bits per heavy atom. The maximum absolute atomic E-state index is 11.8. The molecular weight excluding hydrogens is 310 g/mol. The van der Waals surface area contributed by atoms with E-state index in [1.165, 1.54) is 0 Å². The topological polar surface area (TPSA) is 79.9 Å². The smallest absolute Gasteiger partial charge is 0.257 e. The quantitative estimate of drug-likeness (QED) is 0.610. The molecular formula is C17H25N3O4. The second kappa shape index (κ2) is 9.89. The Bertz CT molecular complexity index is 550. The number of anilines is 1. The van der Waals surface area contributed by atoms with Gasteiger partial charge in [0.1, 0.15) is 5.75 Å². The molecule has 1 aromatic rings. The first-order valence-corrected chi connectivity index (χ1v) is 8.20. The van der Waals surface area contributed by atoms with Gasteiger partial charge in [0, 0.05) is 51.5 Å². The Morgan fingerprint density at radius 1 is 1.29 bits per heavy atom. The van der Waals surface area contributed by atoms with Gasteiger partial charge in [0.15, 0.2) is 6.61 Å². The molecule has 1 heterocycles. The summed E-state index contributed by atoms with van der Waals surface area (Å²) in [4.78, 5) is 25.3. The number of carbonyl (C=O) groups is 2. The standard InChI is InChI=1S/C17H25N3O4/c1-23-11-9-18-7-8-19-16(21)13-24-15-5-2-4-14(12-15)20-10-3-6-17(20)22/h2,4-5,12,18H,3,6-11,13H2,1H3,(H,19,21). The fraction of sp³-hybridized carbons (Fsp3) is 0.529. The highest BCUT2D eigenvalue weighted by Gasteiger charge is 2.21. The summed E-state index contributed by atoms with van der Waals surface area (Å²) in [5.41, 5.74) is 0.817. The van der Waals surface area contributed by atoms with Crippen molar-refractivity contribution in [3.63, 3.8) is 0 Å². The Kier molecular flexibility index (Phi) is 7.51. The Labute approximate surface area is 142 Å². The molecule has 0 aliphatic carbocycles. The normalized spacial score (nSPS) is 14.0. The lowest BCUT2D eigenvalue weighted by Crippen LogP contribution is -2.35. The van der Waals surface area contributed by atoms with Gasteiger partial charge in [-0.25, -0.2) is 0 Å². The van der Waals surface area contributed by atoms with Gasteiger partial charge in [0.25, 0.3) is 5.91 Å². The van der Waals surface area contributed by atoms with E-state index < -0.39 is 0 Å². The minimum atomic E-state index is -0.175. The van der Waals surface area contributed by atoms with Crippen LogP contribution < -0.4 is 20.3 Å². The molecule has 0 bridgehead atoms. The van der Waals surface area contributed by atoms with E-state index in [1.807, 2.05) is 12.1 Å². The van der Waals surface area contributed by atoms with Gasteiger partial charge >= 0.3 is 0 Å². The number of amides is 2. The number of hydrogen-bond acceptors (Lipinski definition) is 5. The second-order valence-electron chi connectivity index (χ2n) is 5.53. The number of ether oxygens (including phenoxy) is 2. The van der Waals surface area contributed by atoms with Crippen molar-refractivity contribution in [3.05, 3.63) is 24.3 Å². The summed E-state index contributed by atoms with van der Waals surface area (Å²) in [7, 11) is 1.65. The SMILES string of the molecule is COCCNCCNC(=O)COc1cccc(N2CCCC2=O)c1. The summed E-state index contributed by atoms with van der Waals surface area (Å²) in [6, 6.07) is 7.28. The number of hydrogen-bond donors (Lipinski definition) is 2. The molecule has 7 heteroatoms. The van der Waals surface area contributed by atoms with E-state index in [1.54, 1.807) is 24.1 Å². The molecule has 24 heavy (non-hydrogen) atoms. The van der Waals surface area contributed by atoms with Gasteiger partial charge in [-0.1, -0.05) is 6.07 Å². The first kappa shape index (κ1) is 18.2. The molecule has 0 atom stereocenters. The van der Waals surface area contributed by atoms with Crippen molar-refractivity contribution in [2.75, 3.05) is 51.4 Å². The third-order valence-electron chi connectivity index (χ3n) is 3.68. The molecule has 2 rings (SSSR count). The maximum atomic E-state index is 11.8. The Balaban J connectivity index is 1.70. The maximum Gasteiger partial charge on any atom is 0.257 e. The monoisotopic (exact) mass is 335 g/mol. The van der Waals surface area contributed by atoms with Crippen molar-refractivity contribution in [2.45, 2.75) is 12.8 Å². The average molecular weight is 335 g/mol. The van der Waals surface area contributed by atoms with Crippen molar-refractivity contribution in [1.82, 2.24) is 10.6 Å². The predicted molar refractivity (Wildman–Crippen MR) is 91.3 cm³/mol. The van der Waals surface area contributed by atoms with Crippen molar-refractivity contribution >= 4 is 17.5 Å². The lowest BCUT2D eigenvalue weighted by Gasteiger charge is -2.16. The lowest BCUT2D eigenvalue weighted by molar-refractivity contribution is -0.123. The number of nitrogens with one attached hydrogen (secondary N) is 2. The molecule has 0 saturated carbocycles. The van der Waals surface area contributed by atoms with Crippen LogP contribution in [0, 0.1) is 0 Å². The molecule has 1 aromatic carbocycles. The van der Waals surface area contributed by atoms with Gasteiger partial charge in [0.05, 0.1) is 6.61 Å². The summed E-state index contributed by atoms with van der Waals surface area (Å²) in [6.07, 6.45) is 1.47. The van der Waals surface area contributed by atoms with E-state index in [0.29, 0.717) is 31.9 Å². The molecule has 7 nitrogen and oxygen atoms in total. The molecule has 0 spiro atoms. The molecule has 0 aromatic heterocycles. The van der Waals surface area contributed by atoms with E-state index in [0.717, 1.165) is 25.2 Å². The summed E-state index contributed by atoms with van der Waals surface area (Å²) in [6.45, 7) is 3.31. The number of carbonyl (C=O) groups excluding carboxylic acids is 2. The van der Waals surface area contributed by atoms with Crippen LogP contribution in [0.5, 0.6) is 5.75 Å². The van der Waals surface area contributed by atoms with Gasteiger partial charge in [-0.2, -0.15) is 0 Å². The minimum absolute atomic E-state index is 0.0462. The zero-order valence-corrected chi connectivity index (χ0v) is 14.0. The van der Waals surface area contributed by atoms with E-state index in [4.69, 9.17) is 9.47 Å². The predicted octanol–water partition coefficient (Wildman–Crippen LogP) is 0.544. The van der Waals surface area contributed by atoms with Crippen LogP contribution >= 0.6 is 0 Å². The molecule has 1 saturated heterocycles. The van der Waals surface area contributed by atoms with Gasteiger partial charge in [-0.15, -0.1) is 0 Å². The van der Waals surface area contributed by atoms with Gasteiger partial charge in [0.2, 0.25) is 5.91 Å². The lowest BCUT2D eigenvalue weighted by atomic mass is 10.3. The van der Waals surface area contributed by atoms with Crippen molar-refractivity contribution < 1.29 is 19.1 Å². The number of rotatable bonds is 10. The molecule has 132 valence electrons. The van der Waals surface area contributed by atoms with Crippen LogP contribution in [0.25, 0.3) is 0 Å². The van der Waals surface area contributed by atoms with Crippen LogP contribution in [-0.4, -0.2) is 58.3 Å². The third-order valence-corrected chi connectivity index (χ3v) is 3.68. The molecule has 2 amide bonds. The van der Waals surface area contributed by atoms with Crippen molar-refractivity contribution in [1.29, 1.82) is 0 Å². The second-order valence-corrected chi connectivity index (χ2v) is 5.53. The van der Waals surface area contributed by atoms with E-state index in [2.05, 4.69) is 10.6 Å². The number of benzene rings is 1. The summed E-state index contributed by atoms with van der Waals surface area (Å²) in [5, 5.41) is 5.92. The fourth-order valence-electron chi connectivity index (χ4n) is 2.45. The summed E-state index contributed by atoms with van der Waals surface area (Å²) >= 11 is 0. The third kappa shape index (κ3) is 5.82. The van der Waals surface area contributed by atoms with Crippen molar-refractivity contribution in [3.8, 4) is 5.75 Å². The summed E-state index contributed by atoms with van der Waals surface area (Å²) in [5.74, 6) is 0.539. The molecule has 2 N–H and O–H groups in total. The first-order chi connectivity index (χ1) is 11.7. The molecule has 1 fully saturated rings. The van der Waals surface area contributed by atoms with Crippen LogP contribution in [0.15, 0.2) is 24.3 Å². The highest BCUT2D eigenvalue weighted by Crippen LogP contribution is 2.25. The van der Waals surface area contributed by atoms with Gasteiger partial charge in [-0.05, 0) is 18.6 Å². The van der Waals surface area contributed by atoms with Gasteiger partial charge in [-0.3, -0.25) is 9.59 Å². The largest absolute Gasteiger partial charge is 0.484 e. The molecule has 0 radical (unpaired) electrons. The molecule has 1 aliphatic heterocycles. The zero-order valence-electron chi connectivity index (χ0n) is 14.0. The highest BCUT2D eigenvalue weighted by atomic mass is 16.5. The van der Waals surface area contributed by atoms with Crippen LogP contribution in [0.1, 0.15) is 12.8 Å². The van der Waals surface area contributed by atoms with Crippen molar-refractivity contribution in [2.24, 2.45) is 0 Å². The van der Waals surface area contributed by atoms with E-state index in [-0.39, 0.29) is 18.4 Å². The summed E-state index contributed by atoms with van der Waals surface area (Å²) < 4.78 is 10.4. The van der Waals surface area contributed by atoms with Crippen LogP contribution in [0.4, 0.5) is 5.69 Å². The average Bonchev–Trinajstić information content (AvgIpc) is 3.02.